The van der Waals surface area contributed by atoms with Crippen LogP contribution in [0.15, 0.2) is 6.07 Å². The highest BCUT2D eigenvalue weighted by Crippen LogP contribution is 2.53. The molecule has 110 valence electrons. The number of hydrogen-bond donors (Lipinski definition) is 2. The van der Waals surface area contributed by atoms with Crippen LogP contribution >= 0.6 is 23.2 Å². The van der Waals surface area contributed by atoms with Gasteiger partial charge in [-0.3, -0.25) is 4.79 Å². The van der Waals surface area contributed by atoms with Crippen molar-refractivity contribution in [2.24, 2.45) is 17.1 Å². The van der Waals surface area contributed by atoms with E-state index in [0.29, 0.717) is 33.5 Å². The summed E-state index contributed by atoms with van der Waals surface area (Å²) < 4.78 is 0. The fourth-order valence-corrected chi connectivity index (χ4v) is 3.44. The Bertz CT molecular complexity index is 571. The highest BCUT2D eigenvalue weighted by molar-refractivity contribution is 6.43. The third kappa shape index (κ3) is 2.32. The summed E-state index contributed by atoms with van der Waals surface area (Å²) in [4.78, 5) is 11.1. The number of aliphatic hydroxyl groups is 1. The quantitative estimate of drug-likeness (QED) is 0.899. The van der Waals surface area contributed by atoms with Gasteiger partial charge in [0.05, 0.1) is 22.6 Å². The van der Waals surface area contributed by atoms with Gasteiger partial charge in [-0.15, -0.1) is 0 Å². The molecule has 1 aliphatic rings. The number of carbonyl (C=O) groups is 1. The topological polar surface area (TPSA) is 63.3 Å². The molecule has 0 radical (unpaired) electrons. The molecule has 0 heterocycles. The fourth-order valence-electron chi connectivity index (χ4n) is 2.87. The number of amides is 1. The second-order valence-electron chi connectivity index (χ2n) is 6.12. The van der Waals surface area contributed by atoms with E-state index in [2.05, 4.69) is 13.8 Å². The zero-order chi connectivity index (χ0) is 15.2. The third-order valence-corrected chi connectivity index (χ3v) is 5.48. The minimum atomic E-state index is -0.648. The predicted octanol–water partition coefficient (Wildman–Crippen LogP) is 3.27. The zero-order valence-corrected chi connectivity index (χ0v) is 13.3. The summed E-state index contributed by atoms with van der Waals surface area (Å²) in [5.41, 5.74) is 7.23. The van der Waals surface area contributed by atoms with Crippen molar-refractivity contribution in [2.75, 3.05) is 0 Å². The van der Waals surface area contributed by atoms with E-state index in [4.69, 9.17) is 28.9 Å². The molecule has 1 aromatic carbocycles. The Labute approximate surface area is 129 Å². The van der Waals surface area contributed by atoms with Gasteiger partial charge in [-0.2, -0.15) is 0 Å². The molecule has 20 heavy (non-hydrogen) atoms. The predicted molar refractivity (Wildman–Crippen MR) is 81.0 cm³/mol. The molecule has 0 fully saturated rings. The monoisotopic (exact) mass is 315 g/mol. The molecule has 2 rings (SSSR count). The SMILES string of the molecule is CC(C)C1(C)Cc2cc(CC(N)=O)c(Cl)c(Cl)c2C1O. The van der Waals surface area contributed by atoms with Gasteiger partial charge in [0.2, 0.25) is 5.91 Å². The molecule has 2 atom stereocenters. The van der Waals surface area contributed by atoms with Gasteiger partial charge >= 0.3 is 0 Å². The highest BCUT2D eigenvalue weighted by Gasteiger charge is 2.45. The largest absolute Gasteiger partial charge is 0.388 e. The summed E-state index contributed by atoms with van der Waals surface area (Å²) in [5, 5.41) is 11.3. The molecule has 0 saturated carbocycles. The van der Waals surface area contributed by atoms with Gasteiger partial charge < -0.3 is 10.8 Å². The molecule has 0 aromatic heterocycles. The van der Waals surface area contributed by atoms with Crippen molar-refractivity contribution in [3.05, 3.63) is 32.8 Å². The average Bonchev–Trinajstić information content (AvgIpc) is 2.59. The van der Waals surface area contributed by atoms with Crippen molar-refractivity contribution in [1.82, 2.24) is 0 Å². The van der Waals surface area contributed by atoms with Gasteiger partial charge in [0.15, 0.2) is 0 Å². The molecule has 0 bridgehead atoms. The van der Waals surface area contributed by atoms with E-state index >= 15 is 0 Å². The molecule has 0 saturated heterocycles. The van der Waals surface area contributed by atoms with E-state index in [1.54, 1.807) is 0 Å². The molecule has 0 spiro atoms. The van der Waals surface area contributed by atoms with Crippen LogP contribution in [0.2, 0.25) is 10.0 Å². The van der Waals surface area contributed by atoms with Gasteiger partial charge in [0.25, 0.3) is 0 Å². The van der Waals surface area contributed by atoms with Crippen LogP contribution < -0.4 is 5.73 Å². The molecule has 1 amide bonds. The standard InChI is InChI=1S/C15H19Cl2NO2/c1-7(2)15(3)6-9-4-8(5-10(18)19)12(16)13(17)11(9)14(15)20/h4,7,14,20H,5-6H2,1-3H3,(H2,18,19). The molecule has 3 N–H and O–H groups in total. The lowest BCUT2D eigenvalue weighted by molar-refractivity contribution is -0.117. The van der Waals surface area contributed by atoms with Crippen molar-refractivity contribution in [1.29, 1.82) is 0 Å². The summed E-state index contributed by atoms with van der Waals surface area (Å²) in [6, 6.07) is 1.85. The van der Waals surface area contributed by atoms with Crippen molar-refractivity contribution in [3.63, 3.8) is 0 Å². The second kappa shape index (κ2) is 5.21. The maximum atomic E-state index is 11.1. The number of aliphatic hydroxyl groups excluding tert-OH is 1. The third-order valence-electron chi connectivity index (χ3n) is 4.56. The van der Waals surface area contributed by atoms with Crippen molar-refractivity contribution < 1.29 is 9.90 Å². The van der Waals surface area contributed by atoms with E-state index in [9.17, 15) is 9.90 Å². The molecular weight excluding hydrogens is 297 g/mol. The first-order valence-corrected chi connectivity index (χ1v) is 7.40. The molecule has 2 unspecified atom stereocenters. The first kappa shape index (κ1) is 15.6. The Balaban J connectivity index is 2.55. The van der Waals surface area contributed by atoms with E-state index < -0.39 is 12.0 Å². The normalized spacial score (nSPS) is 25.1. The van der Waals surface area contributed by atoms with Crippen LogP contribution in [0.1, 0.15) is 43.6 Å². The summed E-state index contributed by atoms with van der Waals surface area (Å²) >= 11 is 12.5. The van der Waals surface area contributed by atoms with Gasteiger partial charge in [-0.1, -0.05) is 50.0 Å². The number of nitrogens with two attached hydrogens (primary N) is 1. The number of halogens is 2. The van der Waals surface area contributed by atoms with Crippen molar-refractivity contribution in [3.8, 4) is 0 Å². The summed E-state index contributed by atoms with van der Waals surface area (Å²) in [6.45, 7) is 6.20. The Kier molecular flexibility index (Phi) is 4.07. The van der Waals surface area contributed by atoms with Crippen LogP contribution in [-0.2, 0) is 17.6 Å². The van der Waals surface area contributed by atoms with Crippen LogP contribution in [0.25, 0.3) is 0 Å². The smallest absolute Gasteiger partial charge is 0.221 e. The van der Waals surface area contributed by atoms with Gasteiger partial charge in [-0.05, 0) is 23.5 Å². The lowest BCUT2D eigenvalue weighted by atomic mass is 9.75. The number of hydrogen-bond acceptors (Lipinski definition) is 2. The highest BCUT2D eigenvalue weighted by atomic mass is 35.5. The minimum absolute atomic E-state index is 0.0559. The average molecular weight is 316 g/mol. The summed E-state index contributed by atoms with van der Waals surface area (Å²) in [6.07, 6.45) is 0.120. The van der Waals surface area contributed by atoms with Crippen LogP contribution in [0.5, 0.6) is 0 Å². The van der Waals surface area contributed by atoms with E-state index in [1.165, 1.54) is 0 Å². The van der Waals surface area contributed by atoms with E-state index in [0.717, 1.165) is 5.56 Å². The Morgan fingerprint density at radius 3 is 2.60 bits per heavy atom. The number of benzene rings is 1. The van der Waals surface area contributed by atoms with Crippen LogP contribution in [0.3, 0.4) is 0 Å². The maximum absolute atomic E-state index is 11.1. The molecule has 1 aliphatic carbocycles. The molecular formula is C15H19Cl2NO2. The van der Waals surface area contributed by atoms with Crippen molar-refractivity contribution >= 4 is 29.1 Å². The zero-order valence-electron chi connectivity index (χ0n) is 11.8. The molecule has 3 nitrogen and oxygen atoms in total. The molecule has 0 aliphatic heterocycles. The molecule has 5 heteroatoms. The number of carbonyl (C=O) groups excluding carboxylic acids is 1. The van der Waals surface area contributed by atoms with Gasteiger partial charge in [0.1, 0.15) is 0 Å². The fraction of sp³-hybridized carbons (Fsp3) is 0.533. The van der Waals surface area contributed by atoms with Crippen LogP contribution in [0.4, 0.5) is 0 Å². The van der Waals surface area contributed by atoms with Gasteiger partial charge in [0, 0.05) is 11.0 Å². The lowest BCUT2D eigenvalue weighted by Crippen LogP contribution is -2.28. The number of fused-ring (bicyclic) bond motifs is 1. The molecule has 1 aromatic rings. The first-order chi connectivity index (χ1) is 9.18. The maximum Gasteiger partial charge on any atom is 0.221 e. The Hall–Kier alpha value is -0.770. The second-order valence-corrected chi connectivity index (χ2v) is 6.88. The number of primary amides is 1. The Morgan fingerprint density at radius 2 is 2.10 bits per heavy atom. The van der Waals surface area contributed by atoms with E-state index in [1.807, 2.05) is 13.0 Å². The van der Waals surface area contributed by atoms with Gasteiger partial charge in [-0.25, -0.2) is 0 Å². The summed E-state index contributed by atoms with van der Waals surface area (Å²) in [7, 11) is 0. The summed E-state index contributed by atoms with van der Waals surface area (Å²) in [5.74, 6) is -0.160. The first-order valence-electron chi connectivity index (χ1n) is 6.64. The van der Waals surface area contributed by atoms with Crippen LogP contribution in [-0.4, -0.2) is 11.0 Å². The van der Waals surface area contributed by atoms with Crippen LogP contribution in [0, 0.1) is 11.3 Å². The van der Waals surface area contributed by atoms with Crippen molar-refractivity contribution in [2.45, 2.75) is 39.7 Å². The number of rotatable bonds is 3. The Morgan fingerprint density at radius 1 is 1.50 bits per heavy atom. The lowest BCUT2D eigenvalue weighted by Gasteiger charge is -2.32. The minimum Gasteiger partial charge on any atom is -0.388 e. The van der Waals surface area contributed by atoms with E-state index in [-0.39, 0.29) is 11.8 Å².